The Morgan fingerprint density at radius 2 is 2.00 bits per heavy atom. The summed E-state index contributed by atoms with van der Waals surface area (Å²) in [5.41, 5.74) is 5.87. The van der Waals surface area contributed by atoms with Crippen molar-refractivity contribution < 1.29 is 19.1 Å². The first-order valence-corrected chi connectivity index (χ1v) is 5.65. The number of β-lactam (4-membered cyclic amide) rings is 1. The van der Waals surface area contributed by atoms with Crippen LogP contribution in [0.3, 0.4) is 0 Å². The maximum atomic E-state index is 11.5. The lowest BCUT2D eigenvalue weighted by Gasteiger charge is -2.34. The minimum absolute atomic E-state index is 0.0856. The Balaban J connectivity index is 1.81. The van der Waals surface area contributed by atoms with Crippen LogP contribution in [0.2, 0.25) is 0 Å². The fraction of sp³-hybridized carbons (Fsp3) is 0.250. The van der Waals surface area contributed by atoms with Gasteiger partial charge in [-0.3, -0.25) is 9.59 Å². The number of carbonyl (C=O) groups excluding carboxylic acids is 3. The van der Waals surface area contributed by atoms with Gasteiger partial charge in [0.1, 0.15) is 18.7 Å². The van der Waals surface area contributed by atoms with Crippen LogP contribution < -0.4 is 16.4 Å². The Kier molecular flexibility index (Phi) is 3.65. The Bertz CT molecular complexity index is 503. The predicted octanol–water partition coefficient (Wildman–Crippen LogP) is -0.735. The van der Waals surface area contributed by atoms with E-state index >= 15 is 0 Å². The molecule has 7 heteroatoms. The van der Waals surface area contributed by atoms with Crippen LogP contribution in [0.15, 0.2) is 30.3 Å². The average molecular weight is 263 g/mol. The van der Waals surface area contributed by atoms with Crippen LogP contribution in [0.1, 0.15) is 5.56 Å². The number of primary amides is 1. The van der Waals surface area contributed by atoms with Gasteiger partial charge in [-0.05, 0) is 5.56 Å². The predicted molar refractivity (Wildman–Crippen MR) is 64.7 cm³/mol. The van der Waals surface area contributed by atoms with Crippen molar-refractivity contribution in [1.82, 2.24) is 10.6 Å². The molecule has 0 bridgehead atoms. The summed E-state index contributed by atoms with van der Waals surface area (Å²) in [6, 6.07) is 7.25. The molecule has 0 aliphatic carbocycles. The Hall–Kier alpha value is -2.57. The molecule has 0 aromatic heterocycles. The van der Waals surface area contributed by atoms with E-state index in [0.29, 0.717) is 0 Å². The van der Waals surface area contributed by atoms with E-state index in [-0.39, 0.29) is 6.61 Å². The molecule has 1 aromatic rings. The standard InChI is InChI=1S/C12H13N3O4/c13-10(16)8-9(11(17)14-8)15-12(18)19-6-7-4-2-1-3-5-7/h1-5,8-9H,6H2,(H2,13,16)(H,14,17)(H,15,18)/t8-,9+/m1/s1. The molecule has 3 amide bonds. The van der Waals surface area contributed by atoms with Crippen molar-refractivity contribution in [2.75, 3.05) is 0 Å². The topological polar surface area (TPSA) is 111 Å². The molecular formula is C12H13N3O4. The number of rotatable bonds is 4. The van der Waals surface area contributed by atoms with Crippen LogP contribution in [0, 0.1) is 0 Å². The van der Waals surface area contributed by atoms with E-state index in [0.717, 1.165) is 5.56 Å². The van der Waals surface area contributed by atoms with Crippen LogP contribution in [0.5, 0.6) is 0 Å². The number of nitrogens with two attached hydrogens (primary N) is 1. The van der Waals surface area contributed by atoms with Gasteiger partial charge in [-0.1, -0.05) is 30.3 Å². The lowest BCUT2D eigenvalue weighted by Crippen LogP contribution is -2.73. The molecule has 2 atom stereocenters. The number of nitrogens with one attached hydrogen (secondary N) is 2. The van der Waals surface area contributed by atoms with Crippen molar-refractivity contribution in [3.8, 4) is 0 Å². The third kappa shape index (κ3) is 3.01. The Labute approximate surface area is 109 Å². The summed E-state index contributed by atoms with van der Waals surface area (Å²) >= 11 is 0. The lowest BCUT2D eigenvalue weighted by molar-refractivity contribution is -0.138. The summed E-state index contributed by atoms with van der Waals surface area (Å²) in [5.74, 6) is -1.16. The van der Waals surface area contributed by atoms with Crippen molar-refractivity contribution in [3.05, 3.63) is 35.9 Å². The zero-order valence-corrected chi connectivity index (χ0v) is 9.96. The first kappa shape index (κ1) is 12.9. The second kappa shape index (κ2) is 5.38. The number of ether oxygens (including phenoxy) is 1. The molecule has 2 rings (SSSR count). The van der Waals surface area contributed by atoms with Gasteiger partial charge < -0.3 is 21.1 Å². The van der Waals surface area contributed by atoms with Gasteiger partial charge in [-0.25, -0.2) is 4.79 Å². The molecule has 19 heavy (non-hydrogen) atoms. The highest BCUT2D eigenvalue weighted by molar-refractivity contribution is 6.02. The lowest BCUT2D eigenvalue weighted by atomic mass is 9.99. The molecule has 1 aliphatic heterocycles. The summed E-state index contributed by atoms with van der Waals surface area (Å²) < 4.78 is 4.93. The van der Waals surface area contributed by atoms with Crippen LogP contribution in [0.4, 0.5) is 4.79 Å². The smallest absolute Gasteiger partial charge is 0.408 e. The average Bonchev–Trinajstić information content (AvgIpc) is 2.40. The van der Waals surface area contributed by atoms with Crippen LogP contribution >= 0.6 is 0 Å². The molecular weight excluding hydrogens is 250 g/mol. The first-order valence-electron chi connectivity index (χ1n) is 5.65. The van der Waals surface area contributed by atoms with Gasteiger partial charge >= 0.3 is 6.09 Å². The highest BCUT2D eigenvalue weighted by atomic mass is 16.5. The molecule has 0 spiro atoms. The molecule has 4 N–H and O–H groups in total. The Morgan fingerprint density at radius 1 is 1.32 bits per heavy atom. The number of amides is 3. The van der Waals surface area contributed by atoms with Crippen molar-refractivity contribution in [2.24, 2.45) is 5.73 Å². The third-order valence-corrected chi connectivity index (χ3v) is 2.71. The largest absolute Gasteiger partial charge is 0.445 e. The maximum Gasteiger partial charge on any atom is 0.408 e. The molecule has 1 saturated heterocycles. The quantitative estimate of drug-likeness (QED) is 0.621. The first-order chi connectivity index (χ1) is 9.08. The second-order valence-corrected chi connectivity index (χ2v) is 4.07. The van der Waals surface area contributed by atoms with E-state index in [1.165, 1.54) is 0 Å². The minimum Gasteiger partial charge on any atom is -0.445 e. The third-order valence-electron chi connectivity index (χ3n) is 2.71. The fourth-order valence-electron chi connectivity index (χ4n) is 1.66. The molecule has 1 aromatic carbocycles. The number of hydrogen-bond acceptors (Lipinski definition) is 4. The zero-order valence-electron chi connectivity index (χ0n) is 9.96. The monoisotopic (exact) mass is 263 g/mol. The highest BCUT2D eigenvalue weighted by Gasteiger charge is 2.44. The molecule has 0 saturated carbocycles. The summed E-state index contributed by atoms with van der Waals surface area (Å²) in [4.78, 5) is 33.5. The van der Waals surface area contributed by atoms with Gasteiger partial charge in [0.05, 0.1) is 0 Å². The van der Waals surface area contributed by atoms with Crippen molar-refractivity contribution in [2.45, 2.75) is 18.7 Å². The van der Waals surface area contributed by atoms with Crippen molar-refractivity contribution in [3.63, 3.8) is 0 Å². The molecule has 0 unspecified atom stereocenters. The van der Waals surface area contributed by atoms with E-state index in [1.807, 2.05) is 18.2 Å². The van der Waals surface area contributed by atoms with Crippen LogP contribution in [0.25, 0.3) is 0 Å². The number of carbonyl (C=O) groups is 3. The molecule has 7 nitrogen and oxygen atoms in total. The van der Waals surface area contributed by atoms with Gasteiger partial charge in [-0.15, -0.1) is 0 Å². The molecule has 1 heterocycles. The normalized spacial score (nSPS) is 20.9. The van der Waals surface area contributed by atoms with Gasteiger partial charge in [0.25, 0.3) is 0 Å². The second-order valence-electron chi connectivity index (χ2n) is 4.07. The van der Waals surface area contributed by atoms with Crippen LogP contribution in [-0.2, 0) is 20.9 Å². The summed E-state index contributed by atoms with van der Waals surface area (Å²) in [6.45, 7) is 0.0856. The molecule has 0 radical (unpaired) electrons. The number of hydrogen-bond donors (Lipinski definition) is 3. The molecule has 100 valence electrons. The summed E-state index contributed by atoms with van der Waals surface area (Å²) in [7, 11) is 0. The van der Waals surface area contributed by atoms with E-state index in [2.05, 4.69) is 10.6 Å². The van der Waals surface area contributed by atoms with Crippen LogP contribution in [-0.4, -0.2) is 30.0 Å². The summed E-state index contributed by atoms with van der Waals surface area (Å²) in [6.07, 6.45) is -0.769. The summed E-state index contributed by atoms with van der Waals surface area (Å²) in [5, 5.41) is 4.58. The van der Waals surface area contributed by atoms with E-state index < -0.39 is 30.0 Å². The van der Waals surface area contributed by atoms with Gasteiger partial charge in [0.2, 0.25) is 11.8 Å². The fourth-order valence-corrected chi connectivity index (χ4v) is 1.66. The van der Waals surface area contributed by atoms with Gasteiger partial charge in [0, 0.05) is 0 Å². The maximum absolute atomic E-state index is 11.5. The van der Waals surface area contributed by atoms with Crippen molar-refractivity contribution in [1.29, 1.82) is 0 Å². The highest BCUT2D eigenvalue weighted by Crippen LogP contribution is 2.07. The van der Waals surface area contributed by atoms with E-state index in [9.17, 15) is 14.4 Å². The number of alkyl carbamates (subject to hydrolysis) is 1. The van der Waals surface area contributed by atoms with E-state index in [4.69, 9.17) is 10.5 Å². The van der Waals surface area contributed by atoms with Gasteiger partial charge in [-0.2, -0.15) is 0 Å². The SMILES string of the molecule is NC(=O)[C@@H]1NC(=O)[C@H]1NC(=O)OCc1ccccc1. The Morgan fingerprint density at radius 3 is 2.58 bits per heavy atom. The number of benzene rings is 1. The van der Waals surface area contributed by atoms with Gasteiger partial charge in [0.15, 0.2) is 0 Å². The molecule has 1 aliphatic rings. The van der Waals surface area contributed by atoms with E-state index in [1.54, 1.807) is 12.1 Å². The zero-order chi connectivity index (χ0) is 13.8. The minimum atomic E-state index is -0.958. The van der Waals surface area contributed by atoms with Crippen molar-refractivity contribution >= 4 is 17.9 Å². The molecule has 1 fully saturated rings.